The van der Waals surface area contributed by atoms with E-state index in [2.05, 4.69) is 30.8 Å². The fraction of sp³-hybridized carbons (Fsp3) is 0.111. The maximum atomic E-state index is 12.0. The van der Waals surface area contributed by atoms with E-state index in [-0.39, 0.29) is 16.1 Å². The van der Waals surface area contributed by atoms with Crippen molar-refractivity contribution in [3.05, 3.63) is 34.5 Å². The largest absolute Gasteiger partial charge is 0.475 e. The first-order chi connectivity index (χ1) is 8.90. The number of nitrogens with zero attached hydrogens (tertiary/aromatic N) is 1. The first-order valence-corrected chi connectivity index (χ1v) is 7.18. The number of aromatic amines is 1. The van der Waals surface area contributed by atoms with Crippen molar-refractivity contribution in [2.75, 3.05) is 0 Å². The molecular weight excluding hydrogens is 342 g/mol. The van der Waals surface area contributed by atoms with Crippen LogP contribution in [0.4, 0.5) is 0 Å². The van der Waals surface area contributed by atoms with Crippen LogP contribution in [0.25, 0.3) is 0 Å². The number of hydrogen-bond donors (Lipinski definition) is 3. The Morgan fingerprint density at radius 1 is 1.58 bits per heavy atom. The second-order valence-electron chi connectivity index (χ2n) is 3.46. The Kier molecular flexibility index (Phi) is 3.73. The predicted octanol–water partition coefficient (Wildman–Crippen LogP) is 0.942. The van der Waals surface area contributed by atoms with Crippen LogP contribution in [0.5, 0.6) is 0 Å². The summed E-state index contributed by atoms with van der Waals surface area (Å²) in [5.41, 5.74) is 0.571. The maximum absolute atomic E-state index is 12.0. The van der Waals surface area contributed by atoms with Crippen LogP contribution >= 0.6 is 15.9 Å². The van der Waals surface area contributed by atoms with Crippen LogP contribution in [-0.2, 0) is 16.6 Å². The van der Waals surface area contributed by atoms with Gasteiger partial charge in [-0.1, -0.05) is 0 Å². The van der Waals surface area contributed by atoms with Gasteiger partial charge in [0.05, 0.1) is 12.2 Å². The molecule has 0 aliphatic rings. The Bertz CT molecular complexity index is 692. The molecule has 0 spiro atoms. The van der Waals surface area contributed by atoms with Crippen LogP contribution in [0.1, 0.15) is 16.2 Å². The average molecular weight is 350 g/mol. The van der Waals surface area contributed by atoms with E-state index < -0.39 is 21.8 Å². The number of rotatable bonds is 5. The summed E-state index contributed by atoms with van der Waals surface area (Å²) < 4.78 is 30.8. The van der Waals surface area contributed by atoms with E-state index in [1.54, 1.807) is 6.07 Å². The third-order valence-electron chi connectivity index (χ3n) is 2.17. The van der Waals surface area contributed by atoms with Gasteiger partial charge in [-0.25, -0.2) is 17.9 Å². The van der Waals surface area contributed by atoms with Gasteiger partial charge in [-0.2, -0.15) is 5.10 Å². The fourth-order valence-electron chi connectivity index (χ4n) is 1.27. The number of sulfonamides is 1. The van der Waals surface area contributed by atoms with Crippen molar-refractivity contribution in [1.29, 1.82) is 0 Å². The van der Waals surface area contributed by atoms with Crippen molar-refractivity contribution in [2.45, 2.75) is 11.4 Å². The minimum Gasteiger partial charge on any atom is -0.475 e. The molecule has 0 radical (unpaired) electrons. The van der Waals surface area contributed by atoms with Crippen LogP contribution in [0.2, 0.25) is 0 Å². The highest BCUT2D eigenvalue weighted by Gasteiger charge is 2.24. The molecule has 2 aromatic heterocycles. The molecule has 2 aromatic rings. The zero-order chi connectivity index (χ0) is 14.0. The molecule has 0 unspecified atom stereocenters. The number of halogens is 1. The highest BCUT2D eigenvalue weighted by atomic mass is 79.9. The maximum Gasteiger partial charge on any atom is 0.371 e. The number of hydrogen-bond acceptors (Lipinski definition) is 5. The smallest absolute Gasteiger partial charge is 0.371 e. The summed E-state index contributed by atoms with van der Waals surface area (Å²) in [7, 11) is -3.88. The first kappa shape index (κ1) is 13.8. The van der Waals surface area contributed by atoms with Crippen LogP contribution in [0, 0.1) is 0 Å². The lowest BCUT2D eigenvalue weighted by molar-refractivity contribution is 0.0661. The standard InChI is InChI=1S/C9H8BrN3O5S/c10-8-7(3-6(18-8)9(14)15)19(16,17)12-4-5-1-2-11-13-5/h1-3,12H,4H2,(H,11,13)(H,14,15). The van der Waals surface area contributed by atoms with E-state index in [9.17, 15) is 13.2 Å². The van der Waals surface area contributed by atoms with E-state index in [1.165, 1.54) is 6.20 Å². The molecule has 0 bridgehead atoms. The molecule has 0 amide bonds. The minimum absolute atomic E-state index is 0.00234. The van der Waals surface area contributed by atoms with Crippen LogP contribution in [-0.4, -0.2) is 29.7 Å². The summed E-state index contributed by atoms with van der Waals surface area (Å²) >= 11 is 2.87. The molecule has 0 saturated carbocycles. The Balaban J connectivity index is 2.22. The number of nitrogens with one attached hydrogen (secondary N) is 2. The molecule has 0 atom stereocenters. The molecule has 0 aliphatic carbocycles. The summed E-state index contributed by atoms with van der Waals surface area (Å²) in [6.07, 6.45) is 1.49. The summed E-state index contributed by atoms with van der Waals surface area (Å²) in [4.78, 5) is 10.4. The summed E-state index contributed by atoms with van der Waals surface area (Å²) in [6, 6.07) is 2.54. The number of aromatic nitrogens is 2. The molecule has 0 aliphatic heterocycles. The number of carboxylic acids is 1. The van der Waals surface area contributed by atoms with Crippen LogP contribution < -0.4 is 4.72 Å². The number of H-pyrrole nitrogens is 1. The molecule has 2 rings (SSSR count). The van der Waals surface area contributed by atoms with Gasteiger partial charge in [0.2, 0.25) is 15.8 Å². The van der Waals surface area contributed by atoms with Gasteiger partial charge in [0.15, 0.2) is 4.67 Å². The molecule has 102 valence electrons. The SMILES string of the molecule is O=C(O)c1cc(S(=O)(=O)NCc2ccn[nH]2)c(Br)o1. The molecule has 10 heteroatoms. The Morgan fingerprint density at radius 2 is 2.32 bits per heavy atom. The van der Waals surface area contributed by atoms with Gasteiger partial charge in [0.1, 0.15) is 4.90 Å². The topological polar surface area (TPSA) is 125 Å². The Hall–Kier alpha value is -1.65. The summed E-state index contributed by atoms with van der Waals surface area (Å²) in [6.45, 7) is 0.00234. The van der Waals surface area contributed by atoms with Crippen LogP contribution in [0.15, 0.2) is 32.3 Å². The fourth-order valence-corrected chi connectivity index (χ4v) is 3.22. The molecule has 0 fully saturated rings. The highest BCUT2D eigenvalue weighted by Crippen LogP contribution is 2.26. The molecule has 0 aromatic carbocycles. The van der Waals surface area contributed by atoms with Crippen molar-refractivity contribution in [3.63, 3.8) is 0 Å². The van der Waals surface area contributed by atoms with Crippen molar-refractivity contribution in [3.8, 4) is 0 Å². The number of carbonyl (C=O) groups is 1. The second-order valence-corrected chi connectivity index (χ2v) is 5.92. The molecular formula is C9H8BrN3O5S. The predicted molar refractivity (Wildman–Crippen MR) is 66.0 cm³/mol. The van der Waals surface area contributed by atoms with Gasteiger partial charge in [0, 0.05) is 12.3 Å². The van der Waals surface area contributed by atoms with Gasteiger partial charge < -0.3 is 9.52 Å². The van der Waals surface area contributed by atoms with Gasteiger partial charge in [-0.05, 0) is 22.0 Å². The van der Waals surface area contributed by atoms with Gasteiger partial charge in [-0.3, -0.25) is 5.10 Å². The van der Waals surface area contributed by atoms with E-state index in [0.717, 1.165) is 6.07 Å². The minimum atomic E-state index is -3.88. The van der Waals surface area contributed by atoms with E-state index in [1.807, 2.05) is 0 Å². The Labute approximate surface area is 116 Å². The molecule has 3 N–H and O–H groups in total. The number of aromatic carboxylic acids is 1. The second kappa shape index (κ2) is 5.15. The number of furan rings is 1. The molecule has 0 saturated heterocycles. The van der Waals surface area contributed by atoms with Crippen molar-refractivity contribution >= 4 is 31.9 Å². The van der Waals surface area contributed by atoms with Gasteiger partial charge in [-0.15, -0.1) is 0 Å². The normalized spacial score (nSPS) is 11.6. The van der Waals surface area contributed by atoms with Crippen molar-refractivity contribution in [2.24, 2.45) is 0 Å². The van der Waals surface area contributed by atoms with Crippen LogP contribution in [0.3, 0.4) is 0 Å². The zero-order valence-corrected chi connectivity index (χ0v) is 11.7. The average Bonchev–Trinajstić information content (AvgIpc) is 2.95. The van der Waals surface area contributed by atoms with Crippen molar-refractivity contribution in [1.82, 2.24) is 14.9 Å². The zero-order valence-electron chi connectivity index (χ0n) is 9.25. The monoisotopic (exact) mass is 349 g/mol. The quantitative estimate of drug-likeness (QED) is 0.737. The summed E-state index contributed by atoms with van der Waals surface area (Å²) in [5.74, 6) is -1.82. The van der Waals surface area contributed by atoms with E-state index in [0.29, 0.717) is 5.69 Å². The van der Waals surface area contributed by atoms with E-state index in [4.69, 9.17) is 9.52 Å². The lowest BCUT2D eigenvalue weighted by atomic mass is 10.4. The third kappa shape index (κ3) is 3.03. The molecule has 2 heterocycles. The number of carboxylic acid groups (broad SMARTS) is 1. The van der Waals surface area contributed by atoms with Gasteiger partial charge in [0.25, 0.3) is 0 Å². The lowest BCUT2D eigenvalue weighted by Crippen LogP contribution is -2.23. The van der Waals surface area contributed by atoms with Gasteiger partial charge >= 0.3 is 5.97 Å². The Morgan fingerprint density at radius 3 is 2.84 bits per heavy atom. The lowest BCUT2D eigenvalue weighted by Gasteiger charge is -2.02. The first-order valence-electron chi connectivity index (χ1n) is 4.90. The van der Waals surface area contributed by atoms with E-state index >= 15 is 0 Å². The third-order valence-corrected chi connectivity index (χ3v) is 4.42. The highest BCUT2D eigenvalue weighted by molar-refractivity contribution is 9.10. The molecule has 8 nitrogen and oxygen atoms in total. The van der Waals surface area contributed by atoms with Crippen molar-refractivity contribution < 1.29 is 22.7 Å². The molecule has 19 heavy (non-hydrogen) atoms. The summed E-state index contributed by atoms with van der Waals surface area (Å²) in [5, 5.41) is 15.0.